The number of ether oxygens (including phenoxy) is 2. The number of nitrogens with zero attached hydrogens (tertiary/aromatic N) is 1. The monoisotopic (exact) mass is 349 g/mol. The van der Waals surface area contributed by atoms with Crippen LogP contribution in [-0.2, 0) is 20.9 Å². The van der Waals surface area contributed by atoms with Crippen LogP contribution < -0.4 is 10.7 Å². The van der Waals surface area contributed by atoms with Crippen LogP contribution in [0.25, 0.3) is 0 Å². The van der Waals surface area contributed by atoms with Gasteiger partial charge >= 0.3 is 12.2 Å². The van der Waals surface area contributed by atoms with E-state index in [1.807, 2.05) is 30.3 Å². The Bertz CT molecular complexity index is 627. The fraction of sp³-hybridized carbons (Fsp3) is 0.471. The second-order valence-electron chi connectivity index (χ2n) is 6.65. The van der Waals surface area contributed by atoms with Crippen LogP contribution in [0.4, 0.5) is 9.59 Å². The third-order valence-corrected chi connectivity index (χ3v) is 3.34. The minimum Gasteiger partial charge on any atom is -0.445 e. The maximum atomic E-state index is 12.2. The molecule has 1 heterocycles. The van der Waals surface area contributed by atoms with Gasteiger partial charge in [-0.15, -0.1) is 0 Å². The van der Waals surface area contributed by atoms with Crippen molar-refractivity contribution in [2.45, 2.75) is 45.4 Å². The smallest absolute Gasteiger partial charge is 0.426 e. The fourth-order valence-corrected chi connectivity index (χ4v) is 2.24. The number of amides is 3. The van der Waals surface area contributed by atoms with Gasteiger partial charge in [0.25, 0.3) is 5.91 Å². The standard InChI is InChI=1S/C17H23N3O5/c1-17(2,3)25-16(23)19-20-10-9-13(14(20)21)18-15(22)24-11-12-7-5-4-6-8-12/h4-8,13H,9-11H2,1-3H3,(H,18,22)(H,19,23). The number of hydrazine groups is 1. The molecule has 8 heteroatoms. The Morgan fingerprint density at radius 1 is 1.20 bits per heavy atom. The molecule has 1 fully saturated rings. The summed E-state index contributed by atoms with van der Waals surface area (Å²) in [5.41, 5.74) is 2.57. The second-order valence-corrected chi connectivity index (χ2v) is 6.65. The van der Waals surface area contributed by atoms with Crippen LogP contribution >= 0.6 is 0 Å². The van der Waals surface area contributed by atoms with Gasteiger partial charge in [0, 0.05) is 6.54 Å². The second kappa shape index (κ2) is 7.87. The lowest BCUT2D eigenvalue weighted by Crippen LogP contribution is -2.49. The van der Waals surface area contributed by atoms with Crippen molar-refractivity contribution in [3.8, 4) is 0 Å². The third kappa shape index (κ3) is 5.98. The molecule has 0 saturated carbocycles. The highest BCUT2D eigenvalue weighted by molar-refractivity contribution is 5.88. The van der Waals surface area contributed by atoms with Crippen LogP contribution in [0.2, 0.25) is 0 Å². The Morgan fingerprint density at radius 2 is 1.88 bits per heavy atom. The van der Waals surface area contributed by atoms with Crippen molar-refractivity contribution in [1.29, 1.82) is 0 Å². The Hall–Kier alpha value is -2.77. The topological polar surface area (TPSA) is 97.0 Å². The van der Waals surface area contributed by atoms with Gasteiger partial charge in [-0.3, -0.25) is 4.79 Å². The number of carbonyl (C=O) groups excluding carboxylic acids is 3. The van der Waals surface area contributed by atoms with Gasteiger partial charge in [0.15, 0.2) is 0 Å². The number of hydrogen-bond donors (Lipinski definition) is 2. The molecule has 2 N–H and O–H groups in total. The van der Waals surface area contributed by atoms with E-state index in [0.29, 0.717) is 6.42 Å². The molecule has 0 bridgehead atoms. The molecule has 1 aliphatic rings. The summed E-state index contributed by atoms with van der Waals surface area (Å²) >= 11 is 0. The molecule has 1 aliphatic heterocycles. The van der Waals surface area contributed by atoms with Crippen LogP contribution in [0, 0.1) is 0 Å². The Kier molecular flexibility index (Phi) is 5.84. The van der Waals surface area contributed by atoms with E-state index < -0.39 is 29.7 Å². The van der Waals surface area contributed by atoms with E-state index in [4.69, 9.17) is 9.47 Å². The molecule has 25 heavy (non-hydrogen) atoms. The minimum atomic E-state index is -0.738. The summed E-state index contributed by atoms with van der Waals surface area (Å²) < 4.78 is 10.2. The van der Waals surface area contributed by atoms with Gasteiger partial charge in [0.1, 0.15) is 18.2 Å². The zero-order valence-corrected chi connectivity index (χ0v) is 14.6. The van der Waals surface area contributed by atoms with Crippen molar-refractivity contribution in [3.05, 3.63) is 35.9 Å². The first-order chi connectivity index (χ1) is 11.7. The molecule has 1 atom stereocenters. The minimum absolute atomic E-state index is 0.119. The van der Waals surface area contributed by atoms with Crippen LogP contribution in [0.1, 0.15) is 32.8 Å². The van der Waals surface area contributed by atoms with Gasteiger partial charge in [-0.25, -0.2) is 20.0 Å². The van der Waals surface area contributed by atoms with Crippen LogP contribution in [0.5, 0.6) is 0 Å². The summed E-state index contributed by atoms with van der Waals surface area (Å²) in [5, 5.41) is 3.64. The zero-order valence-electron chi connectivity index (χ0n) is 14.6. The zero-order chi connectivity index (χ0) is 18.4. The Morgan fingerprint density at radius 3 is 2.52 bits per heavy atom. The molecule has 1 aromatic carbocycles. The molecule has 0 aliphatic carbocycles. The molecule has 2 rings (SSSR count). The number of alkyl carbamates (subject to hydrolysis) is 1. The van der Waals surface area contributed by atoms with Crippen LogP contribution in [0.3, 0.4) is 0 Å². The largest absolute Gasteiger partial charge is 0.445 e. The molecule has 8 nitrogen and oxygen atoms in total. The first kappa shape index (κ1) is 18.6. The van der Waals surface area contributed by atoms with Crippen molar-refractivity contribution in [2.75, 3.05) is 6.54 Å². The van der Waals surface area contributed by atoms with Gasteiger partial charge in [-0.05, 0) is 32.8 Å². The van der Waals surface area contributed by atoms with E-state index in [-0.39, 0.29) is 13.2 Å². The summed E-state index contributed by atoms with van der Waals surface area (Å²) in [7, 11) is 0. The lowest BCUT2D eigenvalue weighted by molar-refractivity contribution is -0.132. The lowest BCUT2D eigenvalue weighted by Gasteiger charge is -2.23. The van der Waals surface area contributed by atoms with Crippen molar-refractivity contribution < 1.29 is 23.9 Å². The molecule has 0 aromatic heterocycles. The van der Waals surface area contributed by atoms with E-state index in [2.05, 4.69) is 10.7 Å². The summed E-state index contributed by atoms with van der Waals surface area (Å²) in [6, 6.07) is 8.49. The lowest BCUT2D eigenvalue weighted by atomic mass is 10.2. The predicted molar refractivity (Wildman–Crippen MR) is 89.3 cm³/mol. The quantitative estimate of drug-likeness (QED) is 0.866. The van der Waals surface area contributed by atoms with Gasteiger partial charge < -0.3 is 14.8 Å². The maximum absolute atomic E-state index is 12.2. The molecular weight excluding hydrogens is 326 g/mol. The molecule has 3 amide bonds. The van der Waals surface area contributed by atoms with E-state index in [1.165, 1.54) is 0 Å². The number of nitrogens with one attached hydrogen (secondary N) is 2. The highest BCUT2D eigenvalue weighted by atomic mass is 16.6. The molecule has 0 spiro atoms. The highest BCUT2D eigenvalue weighted by Crippen LogP contribution is 2.11. The molecule has 1 aromatic rings. The van der Waals surface area contributed by atoms with E-state index in [0.717, 1.165) is 10.6 Å². The number of carbonyl (C=O) groups is 3. The van der Waals surface area contributed by atoms with Crippen molar-refractivity contribution in [3.63, 3.8) is 0 Å². The van der Waals surface area contributed by atoms with Crippen molar-refractivity contribution >= 4 is 18.1 Å². The third-order valence-electron chi connectivity index (χ3n) is 3.34. The van der Waals surface area contributed by atoms with E-state index in [9.17, 15) is 14.4 Å². The average molecular weight is 349 g/mol. The van der Waals surface area contributed by atoms with Gasteiger partial charge in [-0.2, -0.15) is 0 Å². The Labute approximate surface area is 146 Å². The molecule has 1 unspecified atom stereocenters. The predicted octanol–water partition coefficient (Wildman–Crippen LogP) is 1.95. The first-order valence-corrected chi connectivity index (χ1v) is 8.03. The first-order valence-electron chi connectivity index (χ1n) is 8.03. The molecule has 0 radical (unpaired) electrons. The normalized spacial score (nSPS) is 17.2. The van der Waals surface area contributed by atoms with Gasteiger partial charge in [0.05, 0.1) is 0 Å². The van der Waals surface area contributed by atoms with Gasteiger partial charge in [-0.1, -0.05) is 30.3 Å². The van der Waals surface area contributed by atoms with E-state index in [1.54, 1.807) is 20.8 Å². The summed E-state index contributed by atoms with van der Waals surface area (Å²) in [6.45, 7) is 5.58. The number of rotatable bonds is 4. The van der Waals surface area contributed by atoms with Crippen LogP contribution in [-0.4, -0.2) is 41.3 Å². The molecular formula is C17H23N3O5. The summed E-state index contributed by atoms with van der Waals surface area (Å²) in [5.74, 6) is -0.414. The van der Waals surface area contributed by atoms with Crippen molar-refractivity contribution in [1.82, 2.24) is 15.8 Å². The molecule has 136 valence electrons. The van der Waals surface area contributed by atoms with Gasteiger partial charge in [0.2, 0.25) is 0 Å². The molecule has 1 saturated heterocycles. The fourth-order valence-electron chi connectivity index (χ4n) is 2.24. The van der Waals surface area contributed by atoms with Crippen molar-refractivity contribution in [2.24, 2.45) is 0 Å². The maximum Gasteiger partial charge on any atom is 0.426 e. The van der Waals surface area contributed by atoms with Crippen LogP contribution in [0.15, 0.2) is 30.3 Å². The number of benzene rings is 1. The summed E-state index contributed by atoms with van der Waals surface area (Å²) in [4.78, 5) is 35.7. The number of hydrogen-bond acceptors (Lipinski definition) is 5. The average Bonchev–Trinajstić information content (AvgIpc) is 2.85. The SMILES string of the molecule is CC(C)(C)OC(=O)NN1CCC(NC(=O)OCc2ccccc2)C1=O. The summed E-state index contributed by atoms with van der Waals surface area (Å²) in [6.07, 6.45) is -1.02. The highest BCUT2D eigenvalue weighted by Gasteiger charge is 2.35. The van der Waals surface area contributed by atoms with E-state index >= 15 is 0 Å². The Balaban J connectivity index is 1.77.